The first-order chi connectivity index (χ1) is 10.1. The van der Waals surface area contributed by atoms with Crippen molar-refractivity contribution < 1.29 is 4.74 Å². The summed E-state index contributed by atoms with van der Waals surface area (Å²) in [7, 11) is 0. The molecule has 21 heavy (non-hydrogen) atoms. The van der Waals surface area contributed by atoms with Gasteiger partial charge in [-0.3, -0.25) is 0 Å². The molecule has 0 radical (unpaired) electrons. The summed E-state index contributed by atoms with van der Waals surface area (Å²) in [6.07, 6.45) is 2.47. The van der Waals surface area contributed by atoms with Gasteiger partial charge in [-0.15, -0.1) is 0 Å². The second-order valence-electron chi connectivity index (χ2n) is 5.09. The third-order valence-electron chi connectivity index (χ3n) is 3.26. The summed E-state index contributed by atoms with van der Waals surface area (Å²) in [5.41, 5.74) is 1.02. The fourth-order valence-corrected chi connectivity index (χ4v) is 2.79. The zero-order valence-corrected chi connectivity index (χ0v) is 13.5. The minimum Gasteiger partial charge on any atom is -0.455 e. The maximum absolute atomic E-state index is 6.27. The van der Waals surface area contributed by atoms with E-state index in [4.69, 9.17) is 39.5 Å². The van der Waals surface area contributed by atoms with Gasteiger partial charge in [0, 0.05) is 28.2 Å². The van der Waals surface area contributed by atoms with Crippen molar-refractivity contribution in [1.29, 1.82) is 0 Å². The molecule has 2 nitrogen and oxygen atoms in total. The highest BCUT2D eigenvalue weighted by molar-refractivity contribution is 6.34. The number of hydrogen-bond acceptors (Lipinski definition) is 2. The molecule has 0 heterocycles. The average molecular weight is 343 g/mol. The molecule has 3 rings (SSSR count). The lowest BCUT2D eigenvalue weighted by Gasteiger charge is -2.14. The molecule has 1 fully saturated rings. The molecule has 1 saturated carbocycles. The molecule has 1 aliphatic rings. The molecule has 0 amide bonds. The summed E-state index contributed by atoms with van der Waals surface area (Å²) in [5.74, 6) is 1.22. The van der Waals surface area contributed by atoms with Gasteiger partial charge in [-0.25, -0.2) is 0 Å². The number of nitrogens with one attached hydrogen (secondary N) is 1. The Morgan fingerprint density at radius 2 is 1.76 bits per heavy atom. The Labute approximate surface area is 139 Å². The average Bonchev–Trinajstić information content (AvgIpc) is 3.22. The first-order valence-electron chi connectivity index (χ1n) is 6.76. The SMILES string of the molecule is Clc1cc(Cl)cc(Oc2c(Cl)cccc2CNC2CC2)c1. The van der Waals surface area contributed by atoms with Crippen LogP contribution in [0.1, 0.15) is 18.4 Å². The predicted molar refractivity (Wildman–Crippen MR) is 87.8 cm³/mol. The van der Waals surface area contributed by atoms with Crippen LogP contribution in [0.5, 0.6) is 11.5 Å². The molecule has 1 aliphatic carbocycles. The minimum absolute atomic E-state index is 0.530. The van der Waals surface area contributed by atoms with Crippen molar-refractivity contribution in [1.82, 2.24) is 5.32 Å². The van der Waals surface area contributed by atoms with Crippen LogP contribution in [-0.4, -0.2) is 6.04 Å². The number of halogens is 3. The van der Waals surface area contributed by atoms with Gasteiger partial charge in [-0.2, -0.15) is 0 Å². The Balaban J connectivity index is 1.85. The summed E-state index contributed by atoms with van der Waals surface area (Å²) in [6.45, 7) is 0.731. The van der Waals surface area contributed by atoms with Crippen molar-refractivity contribution in [3.05, 3.63) is 57.0 Å². The molecule has 2 aromatic carbocycles. The lowest BCUT2D eigenvalue weighted by atomic mass is 10.2. The Morgan fingerprint density at radius 3 is 2.43 bits per heavy atom. The highest BCUT2D eigenvalue weighted by Gasteiger charge is 2.21. The highest BCUT2D eigenvalue weighted by atomic mass is 35.5. The largest absolute Gasteiger partial charge is 0.455 e. The first-order valence-corrected chi connectivity index (χ1v) is 7.90. The van der Waals surface area contributed by atoms with Crippen LogP contribution in [0.3, 0.4) is 0 Å². The lowest BCUT2D eigenvalue weighted by molar-refractivity contribution is 0.473. The summed E-state index contributed by atoms with van der Waals surface area (Å²) in [4.78, 5) is 0. The van der Waals surface area contributed by atoms with Crippen molar-refractivity contribution in [2.75, 3.05) is 0 Å². The predicted octanol–water partition coefficient (Wildman–Crippen LogP) is 5.69. The monoisotopic (exact) mass is 341 g/mol. The summed E-state index contributed by atoms with van der Waals surface area (Å²) < 4.78 is 5.91. The summed E-state index contributed by atoms with van der Waals surface area (Å²) in [6, 6.07) is 11.5. The first kappa shape index (κ1) is 15.0. The number of rotatable bonds is 5. The van der Waals surface area contributed by atoms with E-state index in [0.29, 0.717) is 32.6 Å². The molecular weight excluding hydrogens is 329 g/mol. The summed E-state index contributed by atoms with van der Waals surface area (Å²) in [5, 5.41) is 5.09. The van der Waals surface area contributed by atoms with E-state index in [2.05, 4.69) is 5.32 Å². The van der Waals surface area contributed by atoms with Crippen LogP contribution in [0.25, 0.3) is 0 Å². The van der Waals surface area contributed by atoms with Crippen molar-refractivity contribution in [2.45, 2.75) is 25.4 Å². The molecule has 0 aliphatic heterocycles. The van der Waals surface area contributed by atoms with Gasteiger partial charge in [-0.1, -0.05) is 46.9 Å². The molecule has 0 bridgehead atoms. The van der Waals surface area contributed by atoms with E-state index in [0.717, 1.165) is 12.1 Å². The van der Waals surface area contributed by atoms with Crippen molar-refractivity contribution in [2.24, 2.45) is 0 Å². The molecule has 0 saturated heterocycles. The van der Waals surface area contributed by atoms with Crippen molar-refractivity contribution in [3.8, 4) is 11.5 Å². The van der Waals surface area contributed by atoms with Crippen LogP contribution in [0, 0.1) is 0 Å². The Kier molecular flexibility index (Phi) is 4.60. The van der Waals surface area contributed by atoms with E-state index in [1.165, 1.54) is 12.8 Å². The van der Waals surface area contributed by atoms with Crippen LogP contribution < -0.4 is 10.1 Å². The van der Waals surface area contributed by atoms with Gasteiger partial charge < -0.3 is 10.1 Å². The van der Waals surface area contributed by atoms with Gasteiger partial charge in [-0.05, 0) is 37.1 Å². The fraction of sp³-hybridized carbons (Fsp3) is 0.250. The molecule has 110 valence electrons. The van der Waals surface area contributed by atoms with E-state index in [-0.39, 0.29) is 0 Å². The van der Waals surface area contributed by atoms with Gasteiger partial charge >= 0.3 is 0 Å². The molecule has 1 N–H and O–H groups in total. The van der Waals surface area contributed by atoms with Crippen molar-refractivity contribution >= 4 is 34.8 Å². The van der Waals surface area contributed by atoms with Crippen LogP contribution >= 0.6 is 34.8 Å². The van der Waals surface area contributed by atoms with Crippen molar-refractivity contribution in [3.63, 3.8) is 0 Å². The second-order valence-corrected chi connectivity index (χ2v) is 6.37. The minimum atomic E-state index is 0.530. The third kappa shape index (κ3) is 4.04. The van der Waals surface area contributed by atoms with E-state index < -0.39 is 0 Å². The molecule has 5 heteroatoms. The van der Waals surface area contributed by atoms with Gasteiger partial charge in [0.15, 0.2) is 0 Å². The Morgan fingerprint density at radius 1 is 1.05 bits per heavy atom. The zero-order chi connectivity index (χ0) is 14.8. The molecule has 2 aromatic rings. The van der Waals surface area contributed by atoms with Crippen LogP contribution in [0.4, 0.5) is 0 Å². The van der Waals surface area contributed by atoms with Crippen LogP contribution in [0.2, 0.25) is 15.1 Å². The standard InChI is InChI=1S/C16H14Cl3NO/c17-11-6-12(18)8-14(7-11)21-16-10(2-1-3-15(16)19)9-20-13-4-5-13/h1-3,6-8,13,20H,4-5,9H2. The third-order valence-corrected chi connectivity index (χ3v) is 4.00. The molecule has 0 aromatic heterocycles. The Hall–Kier alpha value is -0.930. The normalized spacial score (nSPS) is 14.2. The molecule has 0 spiro atoms. The quantitative estimate of drug-likeness (QED) is 0.753. The van der Waals surface area contributed by atoms with E-state index in [9.17, 15) is 0 Å². The van der Waals surface area contributed by atoms with E-state index in [1.807, 2.05) is 18.2 Å². The smallest absolute Gasteiger partial charge is 0.150 e. The molecule has 0 unspecified atom stereocenters. The molecule has 0 atom stereocenters. The van der Waals surface area contributed by atoms with E-state index >= 15 is 0 Å². The Bertz CT molecular complexity index is 636. The topological polar surface area (TPSA) is 21.3 Å². The van der Waals surface area contributed by atoms with Gasteiger partial charge in [0.2, 0.25) is 0 Å². The maximum atomic E-state index is 6.27. The van der Waals surface area contributed by atoms with Gasteiger partial charge in [0.25, 0.3) is 0 Å². The number of benzene rings is 2. The van der Waals surface area contributed by atoms with E-state index in [1.54, 1.807) is 18.2 Å². The zero-order valence-electron chi connectivity index (χ0n) is 11.2. The van der Waals surface area contributed by atoms with Gasteiger partial charge in [0.05, 0.1) is 5.02 Å². The highest BCUT2D eigenvalue weighted by Crippen LogP contribution is 2.35. The number of ether oxygens (including phenoxy) is 1. The molecular formula is C16H14Cl3NO. The second kappa shape index (κ2) is 6.45. The van der Waals surface area contributed by atoms with Crippen LogP contribution in [-0.2, 0) is 6.54 Å². The fourth-order valence-electron chi connectivity index (χ4n) is 2.05. The number of hydrogen-bond donors (Lipinski definition) is 1. The summed E-state index contributed by atoms with van der Waals surface area (Å²) >= 11 is 18.3. The van der Waals surface area contributed by atoms with Gasteiger partial charge in [0.1, 0.15) is 11.5 Å². The van der Waals surface area contributed by atoms with Crippen LogP contribution in [0.15, 0.2) is 36.4 Å². The number of para-hydroxylation sites is 1. The maximum Gasteiger partial charge on any atom is 0.150 e. The lowest BCUT2D eigenvalue weighted by Crippen LogP contribution is -2.15.